The summed E-state index contributed by atoms with van der Waals surface area (Å²) in [5.74, 6) is 1.04. The number of nitrogens with zero attached hydrogens (tertiary/aromatic N) is 3. The maximum absolute atomic E-state index is 13.4. The number of aromatic nitrogens is 2. The largest absolute Gasteiger partial charge is 0.355 e. The molecule has 4 aromatic rings. The molecule has 6 heteroatoms. The van der Waals surface area contributed by atoms with Crippen molar-refractivity contribution < 1.29 is 9.32 Å². The van der Waals surface area contributed by atoms with E-state index in [9.17, 15) is 9.59 Å². The fraction of sp³-hybridized carbons (Fsp3) is 0.240. The molecule has 6 nitrogen and oxygen atoms in total. The number of hydrogen-bond donors (Lipinski definition) is 0. The van der Waals surface area contributed by atoms with Crippen LogP contribution in [-0.4, -0.2) is 33.6 Å². The molecule has 1 fully saturated rings. The molecule has 2 aliphatic heterocycles. The monoisotopic (exact) mass is 411 g/mol. The molecule has 31 heavy (non-hydrogen) atoms. The van der Waals surface area contributed by atoms with Crippen LogP contribution in [-0.2, 0) is 6.42 Å². The van der Waals surface area contributed by atoms with Crippen LogP contribution in [0.5, 0.6) is 0 Å². The molecule has 154 valence electrons. The molecule has 2 aliphatic rings. The minimum atomic E-state index is -0.00996. The molecule has 0 radical (unpaired) electrons. The summed E-state index contributed by atoms with van der Waals surface area (Å²) in [4.78, 5) is 27.8. The van der Waals surface area contributed by atoms with Gasteiger partial charge in [-0.1, -0.05) is 41.6 Å². The standard InChI is InChI=1S/C25H21N3O3/c29-23-8-4-7-19-11-16-12-20(28(19)23)15-27(14-16)25(30)18-9-10-22-21(13-18)24(31-26-22)17-5-2-1-3-6-17/h1-10,13,16,20H,11-12,14-15H2/t16-,20+/m0/s1. The first-order valence-corrected chi connectivity index (χ1v) is 10.6. The van der Waals surface area contributed by atoms with Gasteiger partial charge in [0.25, 0.3) is 11.5 Å². The second-order valence-corrected chi connectivity index (χ2v) is 8.50. The Bertz CT molecular complexity index is 1360. The van der Waals surface area contributed by atoms with Crippen LogP contribution in [0, 0.1) is 5.92 Å². The smallest absolute Gasteiger partial charge is 0.253 e. The third-order valence-electron chi connectivity index (χ3n) is 6.50. The molecule has 0 N–H and O–H groups in total. The van der Waals surface area contributed by atoms with E-state index in [1.807, 2.05) is 70.1 Å². The maximum Gasteiger partial charge on any atom is 0.253 e. The fourth-order valence-corrected chi connectivity index (χ4v) is 5.15. The molecule has 6 rings (SSSR count). The average molecular weight is 411 g/mol. The van der Waals surface area contributed by atoms with Gasteiger partial charge in [-0.25, -0.2) is 0 Å². The van der Waals surface area contributed by atoms with Crippen molar-refractivity contribution in [2.75, 3.05) is 13.1 Å². The lowest BCUT2D eigenvalue weighted by Gasteiger charge is -2.43. The molecular weight excluding hydrogens is 390 g/mol. The summed E-state index contributed by atoms with van der Waals surface area (Å²) in [5, 5.41) is 4.98. The van der Waals surface area contributed by atoms with E-state index < -0.39 is 0 Å². The summed E-state index contributed by atoms with van der Waals surface area (Å²) >= 11 is 0. The summed E-state index contributed by atoms with van der Waals surface area (Å²) < 4.78 is 7.46. The average Bonchev–Trinajstić information content (AvgIpc) is 3.22. The number of piperidine rings is 1. The van der Waals surface area contributed by atoms with Crippen LogP contribution in [0.25, 0.3) is 22.2 Å². The van der Waals surface area contributed by atoms with Crippen molar-refractivity contribution >= 4 is 16.8 Å². The highest BCUT2D eigenvalue weighted by atomic mass is 16.5. The van der Waals surface area contributed by atoms with Crippen LogP contribution in [0.2, 0.25) is 0 Å². The topological polar surface area (TPSA) is 68.3 Å². The molecule has 0 unspecified atom stereocenters. The van der Waals surface area contributed by atoms with Crippen molar-refractivity contribution in [1.29, 1.82) is 0 Å². The number of fused-ring (bicyclic) bond motifs is 5. The van der Waals surface area contributed by atoms with Crippen molar-refractivity contribution in [2.45, 2.75) is 18.9 Å². The van der Waals surface area contributed by atoms with Gasteiger partial charge in [-0.3, -0.25) is 9.59 Å². The highest BCUT2D eigenvalue weighted by molar-refractivity contribution is 6.01. The number of hydrogen-bond acceptors (Lipinski definition) is 4. The second-order valence-electron chi connectivity index (χ2n) is 8.50. The molecule has 2 aromatic carbocycles. The minimum absolute atomic E-state index is 0.00996. The highest BCUT2D eigenvalue weighted by Crippen LogP contribution is 2.34. The zero-order valence-corrected chi connectivity index (χ0v) is 16.9. The van der Waals surface area contributed by atoms with Crippen LogP contribution < -0.4 is 5.56 Å². The third-order valence-corrected chi connectivity index (χ3v) is 6.50. The Morgan fingerprint density at radius 3 is 2.74 bits per heavy atom. The van der Waals surface area contributed by atoms with E-state index in [-0.39, 0.29) is 17.5 Å². The fourth-order valence-electron chi connectivity index (χ4n) is 5.15. The van der Waals surface area contributed by atoms with Crippen LogP contribution >= 0.6 is 0 Å². The Labute approximate surface area is 178 Å². The first-order chi connectivity index (χ1) is 15.2. The summed E-state index contributed by atoms with van der Waals surface area (Å²) in [7, 11) is 0. The summed E-state index contributed by atoms with van der Waals surface area (Å²) in [6.45, 7) is 1.27. The highest BCUT2D eigenvalue weighted by Gasteiger charge is 2.36. The van der Waals surface area contributed by atoms with E-state index in [1.54, 1.807) is 6.07 Å². The second kappa shape index (κ2) is 6.94. The molecular formula is C25H21N3O3. The van der Waals surface area contributed by atoms with E-state index >= 15 is 0 Å². The van der Waals surface area contributed by atoms with Gasteiger partial charge in [-0.15, -0.1) is 0 Å². The van der Waals surface area contributed by atoms with Gasteiger partial charge in [0.05, 0.1) is 11.4 Å². The quantitative estimate of drug-likeness (QED) is 0.501. The van der Waals surface area contributed by atoms with Crippen molar-refractivity contribution in [3.05, 3.63) is 88.3 Å². The molecule has 0 saturated carbocycles. The molecule has 4 heterocycles. The number of amides is 1. The lowest BCUT2D eigenvalue weighted by Crippen LogP contribution is -2.50. The Kier molecular flexibility index (Phi) is 4.06. The number of carbonyl (C=O) groups is 1. The molecule has 2 atom stereocenters. The van der Waals surface area contributed by atoms with Crippen molar-refractivity contribution in [2.24, 2.45) is 5.92 Å². The number of likely N-dealkylation sites (tertiary alicyclic amines) is 1. The van der Waals surface area contributed by atoms with Crippen molar-refractivity contribution in [3.63, 3.8) is 0 Å². The maximum atomic E-state index is 13.4. The number of rotatable bonds is 2. The van der Waals surface area contributed by atoms with Crippen molar-refractivity contribution in [1.82, 2.24) is 14.6 Å². The predicted molar refractivity (Wildman–Crippen MR) is 117 cm³/mol. The van der Waals surface area contributed by atoms with Gasteiger partial charge in [0.2, 0.25) is 0 Å². The molecule has 1 amide bonds. The molecule has 0 spiro atoms. The van der Waals surface area contributed by atoms with Gasteiger partial charge in [0.1, 0.15) is 5.52 Å². The Morgan fingerprint density at radius 1 is 1.00 bits per heavy atom. The van der Waals surface area contributed by atoms with Crippen LogP contribution in [0.15, 0.2) is 76.0 Å². The minimum Gasteiger partial charge on any atom is -0.355 e. The van der Waals surface area contributed by atoms with Gasteiger partial charge < -0.3 is 14.0 Å². The van der Waals surface area contributed by atoms with Gasteiger partial charge >= 0.3 is 0 Å². The van der Waals surface area contributed by atoms with Gasteiger partial charge in [0.15, 0.2) is 5.76 Å². The molecule has 1 saturated heterocycles. The zero-order chi connectivity index (χ0) is 20.9. The Morgan fingerprint density at radius 2 is 1.87 bits per heavy atom. The van der Waals surface area contributed by atoms with Crippen LogP contribution in [0.1, 0.15) is 28.5 Å². The lowest BCUT2D eigenvalue weighted by atomic mass is 9.85. The SMILES string of the molecule is O=C(c1ccc2noc(-c3ccccc3)c2c1)N1C[C@H]2Cc3cccc(=O)n3[C@H](C2)C1. The normalized spacial score (nSPS) is 19.9. The summed E-state index contributed by atoms with van der Waals surface area (Å²) in [5.41, 5.74) is 3.38. The van der Waals surface area contributed by atoms with Crippen LogP contribution in [0.3, 0.4) is 0 Å². The van der Waals surface area contributed by atoms with Gasteiger partial charge in [-0.05, 0) is 43.0 Å². The summed E-state index contributed by atoms with van der Waals surface area (Å²) in [6.07, 6.45) is 1.78. The van der Waals surface area contributed by atoms with Crippen LogP contribution in [0.4, 0.5) is 0 Å². The molecule has 2 bridgehead atoms. The predicted octanol–water partition coefficient (Wildman–Crippen LogP) is 3.92. The van der Waals surface area contributed by atoms with Gasteiger partial charge in [-0.2, -0.15) is 0 Å². The molecule has 2 aromatic heterocycles. The van der Waals surface area contributed by atoms with Crippen molar-refractivity contribution in [3.8, 4) is 11.3 Å². The number of carbonyl (C=O) groups excluding carboxylic acids is 1. The number of benzene rings is 2. The van der Waals surface area contributed by atoms with Gasteiger partial charge in [0, 0.05) is 36.0 Å². The van der Waals surface area contributed by atoms with E-state index in [0.717, 1.165) is 35.0 Å². The summed E-state index contributed by atoms with van der Waals surface area (Å²) in [6, 6.07) is 20.8. The molecule has 0 aliphatic carbocycles. The number of pyridine rings is 1. The Balaban J connectivity index is 1.34. The Hall–Kier alpha value is -3.67. The first kappa shape index (κ1) is 18.1. The lowest BCUT2D eigenvalue weighted by molar-refractivity contribution is 0.0559. The van der Waals surface area contributed by atoms with E-state index in [1.165, 1.54) is 0 Å². The third kappa shape index (κ3) is 2.98. The zero-order valence-electron chi connectivity index (χ0n) is 16.9. The first-order valence-electron chi connectivity index (χ1n) is 10.6. The van der Waals surface area contributed by atoms with E-state index in [4.69, 9.17) is 4.52 Å². The van der Waals surface area contributed by atoms with E-state index in [2.05, 4.69) is 5.16 Å². The van der Waals surface area contributed by atoms with E-state index in [0.29, 0.717) is 30.3 Å².